The highest BCUT2D eigenvalue weighted by Crippen LogP contribution is 2.19. The number of benzene rings is 1. The first-order valence-corrected chi connectivity index (χ1v) is 11.7. The molecule has 7 nitrogen and oxygen atoms in total. The van der Waals surface area contributed by atoms with Crippen LogP contribution in [0.2, 0.25) is 0 Å². The third-order valence-electron chi connectivity index (χ3n) is 6.38. The Morgan fingerprint density at radius 2 is 1.77 bits per heavy atom. The van der Waals surface area contributed by atoms with Crippen molar-refractivity contribution in [3.8, 4) is 0 Å². The van der Waals surface area contributed by atoms with Crippen LogP contribution in [0, 0.1) is 12.8 Å². The lowest BCUT2D eigenvalue weighted by Crippen LogP contribution is -2.50. The van der Waals surface area contributed by atoms with E-state index in [0.717, 1.165) is 58.1 Å². The summed E-state index contributed by atoms with van der Waals surface area (Å²) in [7, 11) is 1.83. The largest absolute Gasteiger partial charge is 0.450 e. The number of piperidine rings is 2. The van der Waals surface area contributed by atoms with Crippen LogP contribution < -0.4 is 10.6 Å². The summed E-state index contributed by atoms with van der Waals surface area (Å²) in [6, 6.07) is 9.23. The van der Waals surface area contributed by atoms with E-state index in [1.807, 2.05) is 14.0 Å². The van der Waals surface area contributed by atoms with Crippen molar-refractivity contribution in [3.63, 3.8) is 0 Å². The topological polar surface area (TPSA) is 69.2 Å². The number of amides is 1. The Kier molecular flexibility index (Phi) is 9.00. The zero-order chi connectivity index (χ0) is 22.1. The summed E-state index contributed by atoms with van der Waals surface area (Å²) in [5.41, 5.74) is 2.72. The van der Waals surface area contributed by atoms with E-state index in [4.69, 9.17) is 4.74 Å². The first-order valence-electron chi connectivity index (χ1n) is 11.7. The van der Waals surface area contributed by atoms with Crippen molar-refractivity contribution >= 4 is 12.1 Å². The van der Waals surface area contributed by atoms with Gasteiger partial charge in [-0.2, -0.15) is 0 Å². The minimum absolute atomic E-state index is 0.197. The second-order valence-electron chi connectivity index (χ2n) is 8.76. The fraction of sp³-hybridized carbons (Fsp3) is 0.667. The van der Waals surface area contributed by atoms with Crippen molar-refractivity contribution in [2.75, 3.05) is 46.4 Å². The SMILES string of the molecule is CCOC(=O)N1CCC(NC(=NC)NCC2CCN(Cc3ccc(C)cc3)CC2)CC1. The molecule has 0 bridgehead atoms. The molecule has 2 heterocycles. The van der Waals surface area contributed by atoms with E-state index in [2.05, 4.69) is 51.7 Å². The van der Waals surface area contributed by atoms with Gasteiger partial charge in [0.05, 0.1) is 6.61 Å². The van der Waals surface area contributed by atoms with Crippen LogP contribution in [-0.4, -0.2) is 74.3 Å². The molecule has 1 aromatic rings. The Hall–Kier alpha value is -2.28. The first kappa shape index (κ1) is 23.4. The Morgan fingerprint density at radius 3 is 2.39 bits per heavy atom. The van der Waals surface area contributed by atoms with E-state index < -0.39 is 0 Å². The number of ether oxygens (including phenoxy) is 1. The predicted molar refractivity (Wildman–Crippen MR) is 125 cm³/mol. The van der Waals surface area contributed by atoms with Gasteiger partial charge in [0.2, 0.25) is 0 Å². The normalized spacial score (nSPS) is 19.3. The highest BCUT2D eigenvalue weighted by Gasteiger charge is 2.24. The van der Waals surface area contributed by atoms with Gasteiger partial charge in [0.25, 0.3) is 0 Å². The number of carbonyl (C=O) groups excluding carboxylic acids is 1. The van der Waals surface area contributed by atoms with E-state index in [9.17, 15) is 4.79 Å². The van der Waals surface area contributed by atoms with Gasteiger partial charge >= 0.3 is 6.09 Å². The molecule has 0 radical (unpaired) electrons. The number of hydrogen-bond donors (Lipinski definition) is 2. The van der Waals surface area contributed by atoms with Gasteiger partial charge < -0.3 is 20.3 Å². The Bertz CT molecular complexity index is 705. The smallest absolute Gasteiger partial charge is 0.409 e. The summed E-state index contributed by atoms with van der Waals surface area (Å²) in [5, 5.41) is 7.06. The van der Waals surface area contributed by atoms with Crippen LogP contribution in [0.4, 0.5) is 4.79 Å². The first-order chi connectivity index (χ1) is 15.1. The van der Waals surface area contributed by atoms with Crippen molar-refractivity contribution in [2.45, 2.75) is 52.1 Å². The average Bonchev–Trinajstić information content (AvgIpc) is 2.79. The molecule has 0 unspecified atom stereocenters. The van der Waals surface area contributed by atoms with Crippen molar-refractivity contribution < 1.29 is 9.53 Å². The molecule has 2 saturated heterocycles. The quantitative estimate of drug-likeness (QED) is 0.537. The van der Waals surface area contributed by atoms with E-state index in [-0.39, 0.29) is 6.09 Å². The lowest BCUT2D eigenvalue weighted by molar-refractivity contribution is 0.0963. The number of nitrogens with zero attached hydrogens (tertiary/aromatic N) is 3. The van der Waals surface area contributed by atoms with Crippen LogP contribution in [0.1, 0.15) is 43.7 Å². The molecule has 0 saturated carbocycles. The highest BCUT2D eigenvalue weighted by molar-refractivity contribution is 5.80. The molecule has 7 heteroatoms. The second-order valence-corrected chi connectivity index (χ2v) is 8.76. The average molecular weight is 430 g/mol. The minimum atomic E-state index is -0.197. The molecule has 0 atom stereocenters. The van der Waals surface area contributed by atoms with Crippen molar-refractivity contribution in [1.29, 1.82) is 0 Å². The summed E-state index contributed by atoms with van der Waals surface area (Å²) >= 11 is 0. The number of aliphatic imine (C=N–C) groups is 1. The second kappa shape index (κ2) is 11.9. The number of likely N-dealkylation sites (tertiary alicyclic amines) is 2. The highest BCUT2D eigenvalue weighted by atomic mass is 16.6. The van der Waals surface area contributed by atoms with Crippen LogP contribution in [0.5, 0.6) is 0 Å². The summed E-state index contributed by atoms with van der Waals surface area (Å²) in [6.07, 6.45) is 4.06. The monoisotopic (exact) mass is 429 g/mol. The van der Waals surface area contributed by atoms with Gasteiger partial charge in [-0.15, -0.1) is 0 Å². The maximum atomic E-state index is 11.8. The Labute approximate surface area is 187 Å². The number of carbonyl (C=O) groups is 1. The summed E-state index contributed by atoms with van der Waals surface area (Å²) < 4.78 is 5.10. The molecule has 2 aliphatic rings. The molecular weight excluding hydrogens is 390 g/mol. The molecule has 2 fully saturated rings. The van der Waals surface area contributed by atoms with Gasteiger partial charge in [0, 0.05) is 39.3 Å². The molecule has 1 amide bonds. The Balaban J connectivity index is 1.33. The molecule has 0 aromatic heterocycles. The zero-order valence-electron chi connectivity index (χ0n) is 19.4. The molecule has 0 aliphatic carbocycles. The van der Waals surface area contributed by atoms with Gasteiger partial charge in [0.1, 0.15) is 0 Å². The van der Waals surface area contributed by atoms with Crippen LogP contribution in [-0.2, 0) is 11.3 Å². The number of hydrogen-bond acceptors (Lipinski definition) is 4. The third-order valence-corrected chi connectivity index (χ3v) is 6.38. The van der Waals surface area contributed by atoms with E-state index in [1.54, 1.807) is 4.90 Å². The molecular formula is C24H39N5O2. The number of rotatable bonds is 6. The summed E-state index contributed by atoms with van der Waals surface area (Å²) in [5.74, 6) is 1.55. The fourth-order valence-electron chi connectivity index (χ4n) is 4.35. The zero-order valence-corrected chi connectivity index (χ0v) is 19.4. The van der Waals surface area contributed by atoms with Crippen LogP contribution in [0.3, 0.4) is 0 Å². The summed E-state index contributed by atoms with van der Waals surface area (Å²) in [4.78, 5) is 20.6. The number of nitrogens with one attached hydrogen (secondary N) is 2. The fourth-order valence-corrected chi connectivity index (χ4v) is 4.35. The summed E-state index contributed by atoms with van der Waals surface area (Å²) in [6.45, 7) is 10.2. The lowest BCUT2D eigenvalue weighted by Gasteiger charge is -2.34. The van der Waals surface area contributed by atoms with Gasteiger partial charge in [0.15, 0.2) is 5.96 Å². The molecule has 31 heavy (non-hydrogen) atoms. The molecule has 3 rings (SSSR count). The lowest BCUT2D eigenvalue weighted by atomic mass is 9.96. The van der Waals surface area contributed by atoms with Crippen LogP contribution >= 0.6 is 0 Å². The van der Waals surface area contributed by atoms with E-state index in [1.165, 1.54) is 24.0 Å². The van der Waals surface area contributed by atoms with Gasteiger partial charge in [-0.3, -0.25) is 9.89 Å². The Morgan fingerprint density at radius 1 is 1.10 bits per heavy atom. The van der Waals surface area contributed by atoms with E-state index >= 15 is 0 Å². The number of aryl methyl sites for hydroxylation is 1. The standard InChI is InChI=1S/C24H39N5O2/c1-4-31-24(30)29-15-11-22(12-16-29)27-23(25-3)26-17-20-9-13-28(14-10-20)18-21-7-5-19(2)6-8-21/h5-8,20,22H,4,9-18H2,1-3H3,(H2,25,26,27). The third kappa shape index (κ3) is 7.42. The van der Waals surface area contributed by atoms with Crippen LogP contribution in [0.15, 0.2) is 29.3 Å². The molecule has 2 N–H and O–H groups in total. The van der Waals surface area contributed by atoms with Gasteiger partial charge in [-0.05, 0) is 64.1 Å². The van der Waals surface area contributed by atoms with Crippen molar-refractivity contribution in [2.24, 2.45) is 10.9 Å². The molecule has 1 aromatic carbocycles. The maximum Gasteiger partial charge on any atom is 0.409 e. The van der Waals surface area contributed by atoms with E-state index in [0.29, 0.717) is 18.6 Å². The molecule has 0 spiro atoms. The molecule has 172 valence electrons. The van der Waals surface area contributed by atoms with Crippen molar-refractivity contribution in [1.82, 2.24) is 20.4 Å². The van der Waals surface area contributed by atoms with Gasteiger partial charge in [-0.1, -0.05) is 29.8 Å². The van der Waals surface area contributed by atoms with Crippen LogP contribution in [0.25, 0.3) is 0 Å². The predicted octanol–water partition coefficient (Wildman–Crippen LogP) is 2.99. The van der Waals surface area contributed by atoms with Crippen molar-refractivity contribution in [3.05, 3.63) is 35.4 Å². The minimum Gasteiger partial charge on any atom is -0.450 e. The number of guanidine groups is 1. The van der Waals surface area contributed by atoms with Gasteiger partial charge in [-0.25, -0.2) is 4.79 Å². The molecule has 2 aliphatic heterocycles. The maximum absolute atomic E-state index is 11.8.